The van der Waals surface area contributed by atoms with E-state index in [-0.39, 0.29) is 12.0 Å². The predicted molar refractivity (Wildman–Crippen MR) is 93.8 cm³/mol. The second-order valence-corrected chi connectivity index (χ2v) is 7.22. The molecule has 0 aromatic heterocycles. The van der Waals surface area contributed by atoms with E-state index in [4.69, 9.17) is 14.2 Å². The van der Waals surface area contributed by atoms with Gasteiger partial charge in [0.2, 0.25) is 0 Å². The smallest absolute Gasteiger partial charge is 0.444 e. The van der Waals surface area contributed by atoms with Gasteiger partial charge in [-0.1, -0.05) is 25.5 Å². The van der Waals surface area contributed by atoms with Crippen molar-refractivity contribution in [2.45, 2.75) is 64.5 Å². The molecule has 0 spiro atoms. The fourth-order valence-electron chi connectivity index (χ4n) is 2.42. The second-order valence-electron chi connectivity index (χ2n) is 7.22. The number of alkyl carbamates (subject to hydrolysis) is 1. The van der Waals surface area contributed by atoms with E-state index >= 15 is 0 Å². The Morgan fingerprint density at radius 1 is 1.28 bits per heavy atom. The van der Waals surface area contributed by atoms with Crippen molar-refractivity contribution in [1.82, 2.24) is 5.32 Å². The molecule has 0 bridgehead atoms. The largest absolute Gasteiger partial charge is 0.513 e. The lowest BCUT2D eigenvalue weighted by Gasteiger charge is -2.19. The summed E-state index contributed by atoms with van der Waals surface area (Å²) in [6.45, 7) is 7.88. The van der Waals surface area contributed by atoms with Crippen LogP contribution >= 0.6 is 0 Å². The highest BCUT2D eigenvalue weighted by molar-refractivity contribution is 5.69. The number of hydrogen-bond donors (Lipinski definition) is 1. The number of rotatable bonds is 6. The SMILES string of the molecule is CCCCOC(=O)Oc1cccc([C@@H]2C[C@H]2NC(=O)OC(C)(C)C)c1. The zero-order valence-corrected chi connectivity index (χ0v) is 15.3. The maximum Gasteiger partial charge on any atom is 0.513 e. The molecule has 0 unspecified atom stereocenters. The highest BCUT2D eigenvalue weighted by Gasteiger charge is 2.40. The molecule has 1 aliphatic rings. The first-order valence-electron chi connectivity index (χ1n) is 8.72. The van der Waals surface area contributed by atoms with Gasteiger partial charge >= 0.3 is 12.2 Å². The highest BCUT2D eigenvalue weighted by atomic mass is 16.7. The molecule has 6 heteroatoms. The van der Waals surface area contributed by atoms with E-state index < -0.39 is 17.8 Å². The fourth-order valence-corrected chi connectivity index (χ4v) is 2.42. The van der Waals surface area contributed by atoms with Gasteiger partial charge in [-0.3, -0.25) is 0 Å². The molecule has 1 aromatic carbocycles. The second kappa shape index (κ2) is 8.23. The molecule has 1 amide bonds. The molecule has 138 valence electrons. The van der Waals surface area contributed by atoms with Gasteiger partial charge in [0, 0.05) is 12.0 Å². The number of carbonyl (C=O) groups excluding carboxylic acids is 2. The third kappa shape index (κ3) is 6.64. The molecule has 1 aliphatic carbocycles. The Labute approximate surface area is 148 Å². The first-order valence-corrected chi connectivity index (χ1v) is 8.72. The zero-order valence-electron chi connectivity index (χ0n) is 15.3. The van der Waals surface area contributed by atoms with Crippen LogP contribution in [0.25, 0.3) is 0 Å². The molecule has 6 nitrogen and oxygen atoms in total. The molecule has 2 atom stereocenters. The number of unbranched alkanes of at least 4 members (excludes halogenated alkanes) is 1. The molecule has 1 N–H and O–H groups in total. The number of benzene rings is 1. The quantitative estimate of drug-likeness (QED) is 0.468. The lowest BCUT2D eigenvalue weighted by atomic mass is 10.1. The van der Waals surface area contributed by atoms with Crippen LogP contribution in [-0.4, -0.2) is 30.5 Å². The van der Waals surface area contributed by atoms with Gasteiger partial charge in [-0.05, 0) is 51.3 Å². The van der Waals surface area contributed by atoms with Crippen molar-refractivity contribution in [3.05, 3.63) is 29.8 Å². The lowest BCUT2D eigenvalue weighted by Crippen LogP contribution is -2.34. The van der Waals surface area contributed by atoms with E-state index in [1.165, 1.54) is 0 Å². The summed E-state index contributed by atoms with van der Waals surface area (Å²) in [7, 11) is 0. The Bertz CT molecular complexity index is 608. The molecule has 25 heavy (non-hydrogen) atoms. The van der Waals surface area contributed by atoms with Crippen molar-refractivity contribution in [2.75, 3.05) is 6.61 Å². The average Bonchev–Trinajstić information content (AvgIpc) is 3.25. The van der Waals surface area contributed by atoms with Crippen LogP contribution in [0.4, 0.5) is 9.59 Å². The Balaban J connectivity index is 1.84. The Morgan fingerprint density at radius 3 is 2.72 bits per heavy atom. The van der Waals surface area contributed by atoms with Crippen LogP contribution in [0, 0.1) is 0 Å². The summed E-state index contributed by atoms with van der Waals surface area (Å²) in [4.78, 5) is 23.4. The predicted octanol–water partition coefficient (Wildman–Crippen LogP) is 4.38. The van der Waals surface area contributed by atoms with Crippen LogP contribution in [0.3, 0.4) is 0 Å². The molecule has 0 aliphatic heterocycles. The van der Waals surface area contributed by atoms with E-state index in [0.717, 1.165) is 24.8 Å². The van der Waals surface area contributed by atoms with Gasteiger partial charge in [0.15, 0.2) is 0 Å². The minimum atomic E-state index is -0.690. The van der Waals surface area contributed by atoms with Crippen LogP contribution < -0.4 is 10.1 Å². The van der Waals surface area contributed by atoms with Gasteiger partial charge in [0.05, 0.1) is 6.61 Å². The van der Waals surface area contributed by atoms with E-state index in [2.05, 4.69) is 5.32 Å². The number of carbonyl (C=O) groups is 2. The minimum absolute atomic E-state index is 0.0432. The van der Waals surface area contributed by atoms with Crippen molar-refractivity contribution in [3.63, 3.8) is 0 Å². The standard InChI is InChI=1S/C19H27NO5/c1-5-6-10-23-18(22)24-14-9-7-8-13(11-14)15-12-16(15)20-17(21)25-19(2,3)4/h7-9,11,15-16H,5-6,10,12H2,1-4H3,(H,20,21)/t15-,16+/m0/s1. The van der Waals surface area contributed by atoms with Gasteiger partial charge in [-0.2, -0.15) is 0 Å². The summed E-state index contributed by atoms with van der Waals surface area (Å²) < 4.78 is 15.4. The van der Waals surface area contributed by atoms with E-state index in [0.29, 0.717) is 12.4 Å². The van der Waals surface area contributed by atoms with E-state index in [1.807, 2.05) is 45.9 Å². The summed E-state index contributed by atoms with van der Waals surface area (Å²) in [6, 6.07) is 7.34. The van der Waals surface area contributed by atoms with Gasteiger partial charge in [0.1, 0.15) is 11.4 Å². The molecule has 0 saturated heterocycles. The summed E-state index contributed by atoms with van der Waals surface area (Å²) in [6.07, 6.45) is 1.51. The number of nitrogens with one attached hydrogen (secondary N) is 1. The molecule has 0 heterocycles. The number of hydrogen-bond acceptors (Lipinski definition) is 5. The molecule has 1 saturated carbocycles. The minimum Gasteiger partial charge on any atom is -0.444 e. The Kier molecular flexibility index (Phi) is 6.28. The van der Waals surface area contributed by atoms with Crippen molar-refractivity contribution in [3.8, 4) is 5.75 Å². The molecule has 0 radical (unpaired) electrons. The first kappa shape index (κ1) is 19.1. The third-order valence-electron chi connectivity index (χ3n) is 3.70. The summed E-state index contributed by atoms with van der Waals surface area (Å²) >= 11 is 0. The van der Waals surface area contributed by atoms with Crippen LogP contribution in [0.2, 0.25) is 0 Å². The monoisotopic (exact) mass is 349 g/mol. The van der Waals surface area contributed by atoms with E-state index in [1.54, 1.807) is 6.07 Å². The van der Waals surface area contributed by atoms with Crippen molar-refractivity contribution >= 4 is 12.2 Å². The van der Waals surface area contributed by atoms with Crippen LogP contribution in [0.15, 0.2) is 24.3 Å². The lowest BCUT2D eigenvalue weighted by molar-refractivity contribution is 0.0522. The fraction of sp³-hybridized carbons (Fsp3) is 0.579. The Morgan fingerprint density at radius 2 is 2.04 bits per heavy atom. The van der Waals surface area contributed by atoms with Crippen molar-refractivity contribution < 1.29 is 23.8 Å². The van der Waals surface area contributed by atoms with Crippen LogP contribution in [0.1, 0.15) is 58.4 Å². The summed E-state index contributed by atoms with van der Waals surface area (Å²) in [5, 5.41) is 2.86. The van der Waals surface area contributed by atoms with Gasteiger partial charge in [-0.25, -0.2) is 9.59 Å². The third-order valence-corrected chi connectivity index (χ3v) is 3.70. The average molecular weight is 349 g/mol. The molecule has 2 rings (SSSR count). The molecule has 1 fully saturated rings. The van der Waals surface area contributed by atoms with Crippen molar-refractivity contribution in [2.24, 2.45) is 0 Å². The van der Waals surface area contributed by atoms with Gasteiger partial charge in [0.25, 0.3) is 0 Å². The van der Waals surface area contributed by atoms with E-state index in [9.17, 15) is 9.59 Å². The zero-order chi connectivity index (χ0) is 18.4. The molecular weight excluding hydrogens is 322 g/mol. The Hall–Kier alpha value is -2.24. The van der Waals surface area contributed by atoms with Crippen LogP contribution in [0.5, 0.6) is 5.75 Å². The normalized spacial score (nSPS) is 19.0. The first-order chi connectivity index (χ1) is 11.8. The number of ether oxygens (including phenoxy) is 3. The maximum absolute atomic E-state index is 11.8. The van der Waals surface area contributed by atoms with Gasteiger partial charge in [-0.15, -0.1) is 0 Å². The molecular formula is C19H27NO5. The molecule has 1 aromatic rings. The van der Waals surface area contributed by atoms with Crippen molar-refractivity contribution in [1.29, 1.82) is 0 Å². The maximum atomic E-state index is 11.8. The number of amides is 1. The summed E-state index contributed by atoms with van der Waals surface area (Å²) in [5.74, 6) is 0.647. The van der Waals surface area contributed by atoms with Crippen LogP contribution in [-0.2, 0) is 9.47 Å². The highest BCUT2D eigenvalue weighted by Crippen LogP contribution is 2.41. The summed E-state index contributed by atoms with van der Waals surface area (Å²) in [5.41, 5.74) is 0.500. The topological polar surface area (TPSA) is 73.9 Å². The van der Waals surface area contributed by atoms with Gasteiger partial charge < -0.3 is 19.5 Å².